The summed E-state index contributed by atoms with van der Waals surface area (Å²) in [6.07, 6.45) is 0. The van der Waals surface area contributed by atoms with Gasteiger partial charge in [0.1, 0.15) is 11.6 Å². The minimum Gasteiger partial charge on any atom is -0.377 e. The third-order valence-corrected chi connectivity index (χ3v) is 3.31. The lowest BCUT2D eigenvalue weighted by atomic mass is 10.0. The molecule has 0 saturated heterocycles. The van der Waals surface area contributed by atoms with E-state index in [4.69, 9.17) is 0 Å². The Labute approximate surface area is 111 Å². The molecule has 0 aliphatic carbocycles. The summed E-state index contributed by atoms with van der Waals surface area (Å²) in [7, 11) is 0.154. The Balaban J connectivity index is 2.37. The summed E-state index contributed by atoms with van der Waals surface area (Å²) in [5, 5.41) is 19.0. The molecule has 0 atom stereocenters. The first-order valence-corrected chi connectivity index (χ1v) is 6.31. The van der Waals surface area contributed by atoms with Gasteiger partial charge in [0, 0.05) is 11.6 Å². The normalized spacial score (nSPS) is 11.8. The van der Waals surface area contributed by atoms with E-state index in [0.717, 1.165) is 6.07 Å². The van der Waals surface area contributed by atoms with E-state index in [2.05, 4.69) is 4.43 Å². The molecular formula is C13H12F2O3Si. The lowest BCUT2D eigenvalue weighted by molar-refractivity contribution is -0.303. The van der Waals surface area contributed by atoms with Crippen molar-refractivity contribution in [3.8, 4) is 11.1 Å². The number of hydrogen-bond donors (Lipinski definition) is 2. The van der Waals surface area contributed by atoms with Crippen molar-refractivity contribution >= 4 is 10.5 Å². The molecule has 0 fully saturated rings. The molecule has 2 aromatic rings. The summed E-state index contributed by atoms with van der Waals surface area (Å²) in [5.74, 6) is -3.65. The van der Waals surface area contributed by atoms with Crippen molar-refractivity contribution in [3.05, 3.63) is 59.7 Å². The molecule has 6 heteroatoms. The average molecular weight is 282 g/mol. The lowest BCUT2D eigenvalue weighted by Gasteiger charge is -2.20. The van der Waals surface area contributed by atoms with E-state index in [-0.39, 0.29) is 16.0 Å². The first-order chi connectivity index (χ1) is 8.92. The van der Waals surface area contributed by atoms with Crippen LogP contribution < -0.4 is 0 Å². The molecule has 0 bridgehead atoms. The predicted octanol–water partition coefficient (Wildman–Crippen LogP) is 1.02. The van der Waals surface area contributed by atoms with Crippen LogP contribution in [0.4, 0.5) is 8.78 Å². The van der Waals surface area contributed by atoms with Crippen LogP contribution in [0.3, 0.4) is 0 Å². The van der Waals surface area contributed by atoms with Crippen molar-refractivity contribution in [2.24, 2.45) is 0 Å². The molecule has 0 unspecified atom stereocenters. The molecule has 2 aromatic carbocycles. The van der Waals surface area contributed by atoms with Crippen LogP contribution in [0.1, 0.15) is 5.56 Å². The molecule has 3 nitrogen and oxygen atoms in total. The summed E-state index contributed by atoms with van der Waals surface area (Å²) in [6, 6.07) is 9.11. The predicted molar refractivity (Wildman–Crippen MR) is 68.9 cm³/mol. The maximum absolute atomic E-state index is 13.1. The number of hydrogen-bond acceptors (Lipinski definition) is 3. The second kappa shape index (κ2) is 5.18. The third-order valence-electron chi connectivity index (χ3n) is 2.74. The number of benzene rings is 2. The molecule has 0 radical (unpaired) electrons. The highest BCUT2D eigenvalue weighted by atomic mass is 28.2. The van der Waals surface area contributed by atoms with Crippen LogP contribution >= 0.6 is 0 Å². The average Bonchev–Trinajstić information content (AvgIpc) is 2.38. The van der Waals surface area contributed by atoms with E-state index in [1.54, 1.807) is 0 Å². The fourth-order valence-corrected chi connectivity index (χ4v) is 1.95. The highest BCUT2D eigenvalue weighted by molar-refractivity contribution is 5.98. The van der Waals surface area contributed by atoms with Crippen LogP contribution in [0.2, 0.25) is 0 Å². The van der Waals surface area contributed by atoms with E-state index in [1.165, 1.54) is 36.4 Å². The standard InChI is InChI=1S/C13H12F2O3Si/c14-11-5-9(6-12(15)7-11)8-1-3-10(4-2-8)13(16,17)18-19/h1-7,16-17H,19H3. The maximum Gasteiger partial charge on any atom is 0.296 e. The minimum atomic E-state index is -2.32. The van der Waals surface area contributed by atoms with Gasteiger partial charge in [0.2, 0.25) is 0 Å². The Hall–Kier alpha value is -1.60. The third kappa shape index (κ3) is 3.05. The van der Waals surface area contributed by atoms with Gasteiger partial charge in [-0.2, -0.15) is 0 Å². The molecule has 0 heterocycles. The Morgan fingerprint density at radius 1 is 0.895 bits per heavy atom. The van der Waals surface area contributed by atoms with Gasteiger partial charge in [-0.3, -0.25) is 0 Å². The van der Waals surface area contributed by atoms with Crippen molar-refractivity contribution in [1.82, 2.24) is 0 Å². The van der Waals surface area contributed by atoms with Crippen LogP contribution in [-0.2, 0) is 10.4 Å². The molecule has 0 amide bonds. The Morgan fingerprint density at radius 3 is 1.89 bits per heavy atom. The van der Waals surface area contributed by atoms with Crippen molar-refractivity contribution in [1.29, 1.82) is 0 Å². The van der Waals surface area contributed by atoms with Crippen molar-refractivity contribution in [3.63, 3.8) is 0 Å². The highest BCUT2D eigenvalue weighted by Gasteiger charge is 2.24. The van der Waals surface area contributed by atoms with Gasteiger partial charge in [-0.15, -0.1) is 0 Å². The van der Waals surface area contributed by atoms with Gasteiger partial charge in [0.25, 0.3) is 5.97 Å². The molecule has 19 heavy (non-hydrogen) atoms. The van der Waals surface area contributed by atoms with E-state index >= 15 is 0 Å². The quantitative estimate of drug-likeness (QED) is 0.653. The zero-order chi connectivity index (χ0) is 14.0. The Bertz CT molecular complexity index is 565. The summed E-state index contributed by atoms with van der Waals surface area (Å²) in [5.41, 5.74) is 1.09. The molecule has 0 spiro atoms. The van der Waals surface area contributed by atoms with Crippen LogP contribution in [-0.4, -0.2) is 20.7 Å². The largest absolute Gasteiger partial charge is 0.377 e. The van der Waals surface area contributed by atoms with Gasteiger partial charge in [0.15, 0.2) is 10.5 Å². The van der Waals surface area contributed by atoms with E-state index in [9.17, 15) is 19.0 Å². The monoisotopic (exact) mass is 282 g/mol. The smallest absolute Gasteiger partial charge is 0.296 e. The first-order valence-electron chi connectivity index (χ1n) is 5.49. The van der Waals surface area contributed by atoms with Gasteiger partial charge < -0.3 is 14.6 Å². The van der Waals surface area contributed by atoms with Gasteiger partial charge in [-0.1, -0.05) is 24.3 Å². The number of rotatable bonds is 3. The SMILES string of the molecule is OC(O)(O[SiH3])c1ccc(-c2cc(F)cc(F)c2)cc1. The lowest BCUT2D eigenvalue weighted by Crippen LogP contribution is -2.27. The number of aliphatic hydroxyl groups is 2. The summed E-state index contributed by atoms with van der Waals surface area (Å²) in [6.45, 7) is 0. The Morgan fingerprint density at radius 2 is 1.42 bits per heavy atom. The van der Waals surface area contributed by atoms with Crippen molar-refractivity contribution < 1.29 is 23.4 Å². The molecule has 0 aliphatic heterocycles. The molecule has 0 aromatic heterocycles. The topological polar surface area (TPSA) is 49.7 Å². The summed E-state index contributed by atoms with van der Waals surface area (Å²) >= 11 is 0. The first kappa shape index (κ1) is 13.8. The minimum absolute atomic E-state index is 0.154. The second-order valence-electron chi connectivity index (χ2n) is 4.05. The van der Waals surface area contributed by atoms with Gasteiger partial charge >= 0.3 is 0 Å². The molecule has 0 aliphatic rings. The number of halogens is 2. The zero-order valence-corrected chi connectivity index (χ0v) is 12.1. The van der Waals surface area contributed by atoms with E-state index < -0.39 is 17.6 Å². The van der Waals surface area contributed by atoms with Crippen molar-refractivity contribution in [2.45, 2.75) is 5.97 Å². The van der Waals surface area contributed by atoms with Crippen LogP contribution in [0, 0.1) is 11.6 Å². The molecule has 100 valence electrons. The molecule has 2 rings (SSSR count). The fraction of sp³-hybridized carbons (Fsp3) is 0.0769. The summed E-state index contributed by atoms with van der Waals surface area (Å²) < 4.78 is 30.8. The van der Waals surface area contributed by atoms with Gasteiger partial charge in [0.05, 0.1) is 0 Å². The molecule has 0 saturated carbocycles. The van der Waals surface area contributed by atoms with Gasteiger partial charge in [-0.05, 0) is 23.3 Å². The van der Waals surface area contributed by atoms with Gasteiger partial charge in [-0.25, -0.2) is 8.78 Å². The Kier molecular flexibility index (Phi) is 3.77. The summed E-state index contributed by atoms with van der Waals surface area (Å²) in [4.78, 5) is 0. The van der Waals surface area contributed by atoms with Crippen LogP contribution in [0.5, 0.6) is 0 Å². The second-order valence-corrected chi connectivity index (χ2v) is 4.46. The van der Waals surface area contributed by atoms with Crippen LogP contribution in [0.15, 0.2) is 42.5 Å². The highest BCUT2D eigenvalue weighted by Crippen LogP contribution is 2.25. The maximum atomic E-state index is 13.1. The van der Waals surface area contributed by atoms with E-state index in [1.807, 2.05) is 0 Å². The molecular weight excluding hydrogens is 270 g/mol. The van der Waals surface area contributed by atoms with E-state index in [0.29, 0.717) is 11.1 Å². The fourth-order valence-electron chi connectivity index (χ4n) is 1.72. The molecule has 2 N–H and O–H groups in total. The van der Waals surface area contributed by atoms with Crippen molar-refractivity contribution in [2.75, 3.05) is 0 Å². The zero-order valence-electron chi connectivity index (χ0n) is 10.1. The van der Waals surface area contributed by atoms with Crippen LogP contribution in [0.25, 0.3) is 11.1 Å².